The van der Waals surface area contributed by atoms with E-state index in [2.05, 4.69) is 5.32 Å². The van der Waals surface area contributed by atoms with E-state index in [1.54, 1.807) is 19.2 Å². The van der Waals surface area contributed by atoms with Crippen molar-refractivity contribution in [1.29, 1.82) is 0 Å². The number of carbonyl (C=O) groups excluding carboxylic acids is 2. The molecule has 1 N–H and O–H groups in total. The fourth-order valence-electron chi connectivity index (χ4n) is 1.02. The van der Waals surface area contributed by atoms with Crippen LogP contribution in [0.4, 0.5) is 0 Å². The van der Waals surface area contributed by atoms with Crippen molar-refractivity contribution in [3.8, 4) is 0 Å². The molecule has 0 atom stereocenters. The minimum absolute atomic E-state index is 0.0548. The first-order valence-corrected chi connectivity index (χ1v) is 5.76. The van der Waals surface area contributed by atoms with Crippen LogP contribution in [-0.2, 0) is 4.79 Å². The van der Waals surface area contributed by atoms with E-state index in [0.29, 0.717) is 17.1 Å². The molecule has 1 amide bonds. The zero-order chi connectivity index (χ0) is 11.1. The fraction of sp³-hybridized carbons (Fsp3) is 0.273. The van der Waals surface area contributed by atoms with Crippen LogP contribution in [0.2, 0.25) is 0 Å². The van der Waals surface area contributed by atoms with Gasteiger partial charge < -0.3 is 5.32 Å². The molecule has 1 aromatic rings. The summed E-state index contributed by atoms with van der Waals surface area (Å²) < 4.78 is 0. The Bertz CT molecular complexity index is 338. The highest BCUT2D eigenvalue weighted by Crippen LogP contribution is 2.06. The second-order valence-corrected chi connectivity index (χ2v) is 3.94. The lowest BCUT2D eigenvalue weighted by Crippen LogP contribution is -2.20. The van der Waals surface area contributed by atoms with Crippen LogP contribution in [0.3, 0.4) is 0 Å². The molecule has 0 aliphatic rings. The summed E-state index contributed by atoms with van der Waals surface area (Å²) in [6.07, 6.45) is 0. The van der Waals surface area contributed by atoms with Gasteiger partial charge >= 0.3 is 0 Å². The molecule has 1 rings (SSSR count). The van der Waals surface area contributed by atoms with Gasteiger partial charge in [-0.05, 0) is 0 Å². The maximum absolute atomic E-state index is 11.6. The molecule has 1 aromatic carbocycles. The number of hydrogen-bond acceptors (Lipinski definition) is 3. The predicted octanol–water partition coefficient (Wildman–Crippen LogP) is 1.35. The van der Waals surface area contributed by atoms with Gasteiger partial charge in [-0.15, -0.1) is 11.8 Å². The average Bonchev–Trinajstić information content (AvgIpc) is 2.29. The molecule has 80 valence electrons. The molecule has 0 saturated carbocycles. The molecule has 0 saturated heterocycles. The van der Waals surface area contributed by atoms with Crippen molar-refractivity contribution in [1.82, 2.24) is 5.32 Å². The van der Waals surface area contributed by atoms with Gasteiger partial charge in [0.05, 0.1) is 11.5 Å². The Labute approximate surface area is 93.3 Å². The molecule has 0 aliphatic heterocycles. The van der Waals surface area contributed by atoms with Crippen LogP contribution in [0.25, 0.3) is 0 Å². The Kier molecular flexibility index (Phi) is 4.90. The maximum Gasteiger partial charge on any atom is 0.229 e. The molecule has 15 heavy (non-hydrogen) atoms. The van der Waals surface area contributed by atoms with Gasteiger partial charge in [0, 0.05) is 12.6 Å². The molecular weight excluding hydrogens is 210 g/mol. The second-order valence-electron chi connectivity index (χ2n) is 2.96. The van der Waals surface area contributed by atoms with Gasteiger partial charge in [0.2, 0.25) is 5.91 Å². The highest BCUT2D eigenvalue weighted by molar-refractivity contribution is 8.00. The van der Waals surface area contributed by atoms with Gasteiger partial charge in [-0.1, -0.05) is 30.3 Å². The number of ketones is 1. The van der Waals surface area contributed by atoms with Gasteiger partial charge in [-0.25, -0.2) is 0 Å². The molecule has 3 nitrogen and oxygen atoms in total. The SMILES string of the molecule is CNC(=O)CSCC(=O)c1ccccc1. The molecule has 0 aromatic heterocycles. The van der Waals surface area contributed by atoms with Crippen molar-refractivity contribution in [2.75, 3.05) is 18.6 Å². The highest BCUT2D eigenvalue weighted by Gasteiger charge is 2.06. The van der Waals surface area contributed by atoms with Crippen LogP contribution in [0.5, 0.6) is 0 Å². The number of amides is 1. The molecule has 0 radical (unpaired) electrons. The first-order valence-electron chi connectivity index (χ1n) is 4.60. The number of carbonyl (C=O) groups is 2. The van der Waals surface area contributed by atoms with Crippen LogP contribution >= 0.6 is 11.8 Å². The Hall–Kier alpha value is -1.29. The lowest BCUT2D eigenvalue weighted by Gasteiger charge is -2.00. The van der Waals surface area contributed by atoms with E-state index < -0.39 is 0 Å². The number of hydrogen-bond donors (Lipinski definition) is 1. The van der Waals surface area contributed by atoms with E-state index >= 15 is 0 Å². The van der Waals surface area contributed by atoms with E-state index in [9.17, 15) is 9.59 Å². The van der Waals surface area contributed by atoms with Gasteiger partial charge in [0.15, 0.2) is 5.78 Å². The second kappa shape index (κ2) is 6.24. The molecule has 4 heteroatoms. The molecule has 0 fully saturated rings. The van der Waals surface area contributed by atoms with Crippen molar-refractivity contribution in [2.24, 2.45) is 0 Å². The fourth-order valence-corrected chi connectivity index (χ4v) is 1.80. The average molecular weight is 223 g/mol. The number of rotatable bonds is 5. The minimum Gasteiger partial charge on any atom is -0.358 e. The summed E-state index contributed by atoms with van der Waals surface area (Å²) in [6, 6.07) is 9.09. The summed E-state index contributed by atoms with van der Waals surface area (Å²) in [5.41, 5.74) is 0.696. The largest absolute Gasteiger partial charge is 0.358 e. The van der Waals surface area contributed by atoms with E-state index in [4.69, 9.17) is 0 Å². The lowest BCUT2D eigenvalue weighted by atomic mass is 10.2. The number of benzene rings is 1. The summed E-state index contributed by atoms with van der Waals surface area (Å²) in [6.45, 7) is 0. The zero-order valence-electron chi connectivity index (χ0n) is 8.53. The van der Waals surface area contributed by atoms with Gasteiger partial charge in [-0.2, -0.15) is 0 Å². The standard InChI is InChI=1S/C11H13NO2S/c1-12-11(14)8-15-7-10(13)9-5-3-2-4-6-9/h2-6H,7-8H2,1H3,(H,12,14). The van der Waals surface area contributed by atoms with Crippen molar-refractivity contribution in [3.05, 3.63) is 35.9 Å². The van der Waals surface area contributed by atoms with E-state index in [0.717, 1.165) is 0 Å². The maximum atomic E-state index is 11.6. The normalized spacial score (nSPS) is 9.67. The quantitative estimate of drug-likeness (QED) is 0.766. The van der Waals surface area contributed by atoms with Crippen molar-refractivity contribution >= 4 is 23.5 Å². The van der Waals surface area contributed by atoms with Crippen molar-refractivity contribution < 1.29 is 9.59 Å². The summed E-state index contributed by atoms with van der Waals surface area (Å²) in [4.78, 5) is 22.4. The Morgan fingerprint density at radius 3 is 2.47 bits per heavy atom. The molecule has 0 spiro atoms. The first kappa shape index (κ1) is 11.8. The van der Waals surface area contributed by atoms with Gasteiger partial charge in [0.25, 0.3) is 0 Å². The number of thioether (sulfide) groups is 1. The monoisotopic (exact) mass is 223 g/mol. The summed E-state index contributed by atoms with van der Waals surface area (Å²) >= 11 is 1.33. The van der Waals surface area contributed by atoms with E-state index in [1.807, 2.05) is 18.2 Å². The van der Waals surface area contributed by atoms with Crippen LogP contribution in [0.1, 0.15) is 10.4 Å². The van der Waals surface area contributed by atoms with Crippen molar-refractivity contribution in [2.45, 2.75) is 0 Å². The molecule has 0 bridgehead atoms. The van der Waals surface area contributed by atoms with E-state index in [-0.39, 0.29) is 11.7 Å². The molecule has 0 unspecified atom stereocenters. The summed E-state index contributed by atoms with van der Waals surface area (Å²) in [7, 11) is 1.59. The highest BCUT2D eigenvalue weighted by atomic mass is 32.2. The molecule has 0 heterocycles. The Balaban J connectivity index is 2.34. The summed E-state index contributed by atoms with van der Waals surface area (Å²) in [5.74, 6) is 0.678. The first-order chi connectivity index (χ1) is 7.24. The lowest BCUT2D eigenvalue weighted by molar-refractivity contribution is -0.118. The van der Waals surface area contributed by atoms with Gasteiger partial charge in [-0.3, -0.25) is 9.59 Å². The van der Waals surface area contributed by atoms with Gasteiger partial charge in [0.1, 0.15) is 0 Å². The topological polar surface area (TPSA) is 46.2 Å². The Morgan fingerprint density at radius 2 is 1.87 bits per heavy atom. The smallest absolute Gasteiger partial charge is 0.229 e. The number of Topliss-reactive ketones (excluding diaryl/α,β-unsaturated/α-hetero) is 1. The van der Waals surface area contributed by atoms with Crippen LogP contribution in [0, 0.1) is 0 Å². The third-order valence-corrected chi connectivity index (χ3v) is 2.77. The van der Waals surface area contributed by atoms with Crippen molar-refractivity contribution in [3.63, 3.8) is 0 Å². The minimum atomic E-state index is -0.0548. The van der Waals surface area contributed by atoms with E-state index in [1.165, 1.54) is 11.8 Å². The summed E-state index contributed by atoms with van der Waals surface area (Å²) in [5, 5.41) is 2.51. The van der Waals surface area contributed by atoms with Crippen LogP contribution in [-0.4, -0.2) is 30.2 Å². The van der Waals surface area contributed by atoms with Crippen LogP contribution < -0.4 is 5.32 Å². The zero-order valence-corrected chi connectivity index (χ0v) is 9.34. The van der Waals surface area contributed by atoms with Crippen LogP contribution in [0.15, 0.2) is 30.3 Å². The third kappa shape index (κ3) is 4.16. The predicted molar refractivity (Wildman–Crippen MR) is 62.2 cm³/mol. The Morgan fingerprint density at radius 1 is 1.20 bits per heavy atom. The molecular formula is C11H13NO2S. The number of nitrogens with one attached hydrogen (secondary N) is 1. The third-order valence-electron chi connectivity index (χ3n) is 1.84. The molecule has 0 aliphatic carbocycles.